The van der Waals surface area contributed by atoms with Gasteiger partial charge >= 0.3 is 0 Å². The minimum atomic E-state index is 0.459. The van der Waals surface area contributed by atoms with Gasteiger partial charge in [-0.2, -0.15) is 0 Å². The number of ether oxygens (including phenoxy) is 1. The zero-order chi connectivity index (χ0) is 10.0. The van der Waals surface area contributed by atoms with Gasteiger partial charge in [-0.3, -0.25) is 0 Å². The number of nitrogens with one attached hydrogen (secondary N) is 1. The van der Waals surface area contributed by atoms with Gasteiger partial charge < -0.3 is 10.1 Å². The molecule has 2 nitrogen and oxygen atoms in total. The Bertz CT molecular complexity index is 179. The van der Waals surface area contributed by atoms with Crippen LogP contribution in [-0.2, 0) is 4.74 Å². The zero-order valence-electron chi connectivity index (χ0n) is 9.51. The molecule has 2 fully saturated rings. The third-order valence-corrected chi connectivity index (χ3v) is 4.23. The van der Waals surface area contributed by atoms with Gasteiger partial charge in [0.1, 0.15) is 0 Å². The summed E-state index contributed by atoms with van der Waals surface area (Å²) < 4.78 is 5.44. The molecule has 0 aliphatic carbocycles. The first kappa shape index (κ1) is 10.4. The molecule has 0 amide bonds. The number of hydrogen-bond acceptors (Lipinski definition) is 2. The minimum absolute atomic E-state index is 0.459. The van der Waals surface area contributed by atoms with Crippen molar-refractivity contribution in [2.24, 2.45) is 11.3 Å². The third kappa shape index (κ3) is 1.96. The Labute approximate surface area is 87.4 Å². The van der Waals surface area contributed by atoms with E-state index >= 15 is 0 Å². The lowest BCUT2D eigenvalue weighted by Gasteiger charge is -2.41. The summed E-state index contributed by atoms with van der Waals surface area (Å²) in [5.41, 5.74) is 0.459. The van der Waals surface area contributed by atoms with Crippen LogP contribution in [0.15, 0.2) is 0 Å². The molecule has 1 N–H and O–H groups in total. The van der Waals surface area contributed by atoms with E-state index in [0.29, 0.717) is 5.41 Å². The van der Waals surface area contributed by atoms with Crippen LogP contribution in [0.5, 0.6) is 0 Å². The molecule has 1 atom stereocenters. The van der Waals surface area contributed by atoms with Crippen molar-refractivity contribution in [3.63, 3.8) is 0 Å². The van der Waals surface area contributed by atoms with Crippen molar-refractivity contribution in [1.29, 1.82) is 0 Å². The molecule has 0 aromatic heterocycles. The smallest absolute Gasteiger partial charge is 0.0468 e. The van der Waals surface area contributed by atoms with Crippen LogP contribution in [0.25, 0.3) is 0 Å². The topological polar surface area (TPSA) is 21.3 Å². The summed E-state index contributed by atoms with van der Waals surface area (Å²) in [7, 11) is 0. The maximum absolute atomic E-state index is 5.44. The SMILES string of the molecule is CC(C)(C1CCOCC1)[C@@H]1CCCN1. The van der Waals surface area contributed by atoms with Crippen LogP contribution in [0.4, 0.5) is 0 Å². The molecule has 0 bridgehead atoms. The van der Waals surface area contributed by atoms with E-state index in [0.717, 1.165) is 25.2 Å². The Morgan fingerprint density at radius 2 is 1.86 bits per heavy atom. The molecule has 0 spiro atoms. The van der Waals surface area contributed by atoms with Gasteiger partial charge in [-0.05, 0) is 43.6 Å². The molecule has 0 radical (unpaired) electrons. The maximum Gasteiger partial charge on any atom is 0.0468 e. The van der Waals surface area contributed by atoms with Gasteiger partial charge in [-0.1, -0.05) is 13.8 Å². The fourth-order valence-electron chi connectivity index (χ4n) is 3.05. The van der Waals surface area contributed by atoms with Gasteiger partial charge in [-0.25, -0.2) is 0 Å². The van der Waals surface area contributed by atoms with Crippen LogP contribution in [0.3, 0.4) is 0 Å². The van der Waals surface area contributed by atoms with Crippen LogP contribution in [-0.4, -0.2) is 25.8 Å². The molecule has 2 heterocycles. The maximum atomic E-state index is 5.44. The normalized spacial score (nSPS) is 30.9. The van der Waals surface area contributed by atoms with Crippen molar-refractivity contribution in [3.8, 4) is 0 Å². The molecule has 14 heavy (non-hydrogen) atoms. The Morgan fingerprint density at radius 1 is 1.14 bits per heavy atom. The molecule has 0 unspecified atom stereocenters. The lowest BCUT2D eigenvalue weighted by molar-refractivity contribution is 0.0106. The first-order valence-corrected chi connectivity index (χ1v) is 6.02. The lowest BCUT2D eigenvalue weighted by atomic mass is 9.69. The molecule has 0 saturated carbocycles. The van der Waals surface area contributed by atoms with Crippen molar-refractivity contribution in [1.82, 2.24) is 5.32 Å². The molecule has 2 saturated heterocycles. The summed E-state index contributed by atoms with van der Waals surface area (Å²) in [4.78, 5) is 0. The van der Waals surface area contributed by atoms with E-state index in [9.17, 15) is 0 Å². The second-order valence-corrected chi connectivity index (χ2v) is 5.36. The molecule has 0 aromatic carbocycles. The molecule has 2 rings (SSSR count). The molecule has 0 aromatic rings. The predicted octanol–water partition coefficient (Wildman–Crippen LogP) is 2.19. The van der Waals surface area contributed by atoms with Crippen molar-refractivity contribution >= 4 is 0 Å². The van der Waals surface area contributed by atoms with E-state index < -0.39 is 0 Å². The van der Waals surface area contributed by atoms with E-state index in [-0.39, 0.29) is 0 Å². The van der Waals surface area contributed by atoms with Gasteiger partial charge in [0, 0.05) is 19.3 Å². The molecule has 2 heteroatoms. The highest BCUT2D eigenvalue weighted by atomic mass is 16.5. The van der Waals surface area contributed by atoms with Gasteiger partial charge in [0.2, 0.25) is 0 Å². The standard InChI is InChI=1S/C12H23NO/c1-12(2,11-4-3-7-13-11)10-5-8-14-9-6-10/h10-11,13H,3-9H2,1-2H3/t11-/m0/s1. The van der Waals surface area contributed by atoms with Gasteiger partial charge in [0.25, 0.3) is 0 Å². The summed E-state index contributed by atoms with van der Waals surface area (Å²) in [6.07, 6.45) is 5.23. The fraction of sp³-hybridized carbons (Fsp3) is 1.00. The summed E-state index contributed by atoms with van der Waals surface area (Å²) in [6, 6.07) is 0.741. The molecule has 2 aliphatic heterocycles. The van der Waals surface area contributed by atoms with E-state index in [1.165, 1.54) is 32.2 Å². The quantitative estimate of drug-likeness (QED) is 0.732. The van der Waals surface area contributed by atoms with Crippen molar-refractivity contribution < 1.29 is 4.74 Å². The first-order valence-electron chi connectivity index (χ1n) is 6.02. The minimum Gasteiger partial charge on any atom is -0.381 e. The Morgan fingerprint density at radius 3 is 2.43 bits per heavy atom. The highest BCUT2D eigenvalue weighted by molar-refractivity contribution is 4.93. The van der Waals surface area contributed by atoms with Crippen molar-refractivity contribution in [2.75, 3.05) is 19.8 Å². The van der Waals surface area contributed by atoms with E-state index in [4.69, 9.17) is 4.74 Å². The average Bonchev–Trinajstić information content (AvgIpc) is 2.72. The number of rotatable bonds is 2. The number of hydrogen-bond donors (Lipinski definition) is 1. The fourth-order valence-corrected chi connectivity index (χ4v) is 3.05. The Kier molecular flexibility index (Phi) is 3.13. The van der Waals surface area contributed by atoms with Crippen LogP contribution in [0, 0.1) is 11.3 Å². The van der Waals surface area contributed by atoms with Crippen LogP contribution < -0.4 is 5.32 Å². The summed E-state index contributed by atoms with van der Waals surface area (Å²) in [5.74, 6) is 0.854. The van der Waals surface area contributed by atoms with E-state index in [1.54, 1.807) is 0 Å². The van der Waals surface area contributed by atoms with Crippen LogP contribution in [0.1, 0.15) is 39.5 Å². The van der Waals surface area contributed by atoms with Gasteiger partial charge in [0.15, 0.2) is 0 Å². The second-order valence-electron chi connectivity index (χ2n) is 5.36. The lowest BCUT2D eigenvalue weighted by Crippen LogP contribution is -2.44. The monoisotopic (exact) mass is 197 g/mol. The molecular weight excluding hydrogens is 174 g/mol. The second kappa shape index (κ2) is 4.19. The average molecular weight is 197 g/mol. The highest BCUT2D eigenvalue weighted by Crippen LogP contribution is 2.39. The first-order chi connectivity index (χ1) is 6.71. The van der Waals surface area contributed by atoms with Crippen molar-refractivity contribution in [3.05, 3.63) is 0 Å². The molecule has 2 aliphatic rings. The largest absolute Gasteiger partial charge is 0.381 e. The third-order valence-electron chi connectivity index (χ3n) is 4.23. The highest BCUT2D eigenvalue weighted by Gasteiger charge is 2.38. The molecule has 82 valence electrons. The Balaban J connectivity index is 1.97. The van der Waals surface area contributed by atoms with Crippen LogP contribution >= 0.6 is 0 Å². The predicted molar refractivity (Wildman–Crippen MR) is 58.3 cm³/mol. The van der Waals surface area contributed by atoms with Gasteiger partial charge in [-0.15, -0.1) is 0 Å². The Hall–Kier alpha value is -0.0800. The molecular formula is C12H23NO. The summed E-state index contributed by atoms with van der Waals surface area (Å²) in [5, 5.41) is 3.65. The van der Waals surface area contributed by atoms with Crippen molar-refractivity contribution in [2.45, 2.75) is 45.6 Å². The van der Waals surface area contributed by atoms with Crippen LogP contribution in [0.2, 0.25) is 0 Å². The summed E-state index contributed by atoms with van der Waals surface area (Å²) in [6.45, 7) is 8.04. The van der Waals surface area contributed by atoms with Gasteiger partial charge in [0.05, 0.1) is 0 Å². The van der Waals surface area contributed by atoms with E-state index in [1.807, 2.05) is 0 Å². The van der Waals surface area contributed by atoms with E-state index in [2.05, 4.69) is 19.2 Å². The zero-order valence-corrected chi connectivity index (χ0v) is 9.51. The summed E-state index contributed by atoms with van der Waals surface area (Å²) >= 11 is 0.